The van der Waals surface area contributed by atoms with Crippen LogP contribution in [0.25, 0.3) is 10.8 Å². The number of anilines is 1. The van der Waals surface area contributed by atoms with Gasteiger partial charge in [0.2, 0.25) is 0 Å². The predicted octanol–water partition coefficient (Wildman–Crippen LogP) is 1.98. The maximum absolute atomic E-state index is 10.2. The van der Waals surface area contributed by atoms with Crippen LogP contribution in [0.3, 0.4) is 0 Å². The van der Waals surface area contributed by atoms with Crippen LogP contribution >= 0.6 is 0 Å². The molecule has 2 rings (SSSR count). The highest BCUT2D eigenvalue weighted by Crippen LogP contribution is 2.18. The number of rotatable bonds is 3. The van der Waals surface area contributed by atoms with Crippen LogP contribution in [0.2, 0.25) is 0 Å². The fourth-order valence-electron chi connectivity index (χ4n) is 1.33. The molecule has 0 bridgehead atoms. The molecular weight excluding hydrogens is 214 g/mol. The van der Waals surface area contributed by atoms with Crippen molar-refractivity contribution in [2.45, 2.75) is 0 Å². The second-order valence-electron chi connectivity index (χ2n) is 2.95. The molecule has 1 atom stereocenters. The minimum Gasteiger partial charge on any atom is -0.748 e. The van der Waals surface area contributed by atoms with Gasteiger partial charge in [-0.2, -0.15) is 4.28 Å². The first-order chi connectivity index (χ1) is 7.25. The first-order valence-corrected chi connectivity index (χ1v) is 5.27. The van der Waals surface area contributed by atoms with Gasteiger partial charge < -0.3 is 4.55 Å². The monoisotopic (exact) mass is 222 g/mol. The van der Waals surface area contributed by atoms with E-state index in [1.54, 1.807) is 6.07 Å². The van der Waals surface area contributed by atoms with Crippen LogP contribution < -0.4 is 5.48 Å². The third kappa shape index (κ3) is 2.53. The average Bonchev–Trinajstić information content (AvgIpc) is 2.26. The van der Waals surface area contributed by atoms with Crippen LogP contribution in [-0.4, -0.2) is 8.76 Å². The van der Waals surface area contributed by atoms with Crippen molar-refractivity contribution in [3.8, 4) is 0 Å². The van der Waals surface area contributed by atoms with Gasteiger partial charge in [-0.1, -0.05) is 30.3 Å². The number of nitrogens with one attached hydrogen (secondary N) is 1. The van der Waals surface area contributed by atoms with E-state index in [2.05, 4.69) is 9.76 Å². The molecule has 0 heterocycles. The standard InChI is InChI=1S/C10H9NO3S/c12-15(13)14-11-10-6-5-8-3-1-2-4-9(8)7-10/h1-7,11H,(H,12,13)/p-1. The first-order valence-electron chi connectivity index (χ1n) is 4.27. The predicted molar refractivity (Wildman–Crippen MR) is 57.6 cm³/mol. The molecule has 78 valence electrons. The molecule has 0 saturated heterocycles. The van der Waals surface area contributed by atoms with E-state index in [9.17, 15) is 8.76 Å². The summed E-state index contributed by atoms with van der Waals surface area (Å²) in [5.74, 6) is 0. The molecule has 0 radical (unpaired) electrons. The number of fused-ring (bicyclic) bond motifs is 1. The molecule has 0 aliphatic rings. The molecule has 1 N–H and O–H groups in total. The van der Waals surface area contributed by atoms with Crippen LogP contribution in [0.1, 0.15) is 0 Å². The summed E-state index contributed by atoms with van der Waals surface area (Å²) in [5, 5.41) is 2.11. The zero-order valence-corrected chi connectivity index (χ0v) is 8.49. The van der Waals surface area contributed by atoms with Crippen molar-refractivity contribution < 1.29 is 13.0 Å². The van der Waals surface area contributed by atoms with Gasteiger partial charge in [0.05, 0.1) is 5.69 Å². The molecule has 0 aliphatic carbocycles. The van der Waals surface area contributed by atoms with Crippen LogP contribution in [0.5, 0.6) is 0 Å². The average molecular weight is 222 g/mol. The maximum Gasteiger partial charge on any atom is 0.112 e. The van der Waals surface area contributed by atoms with E-state index in [1.165, 1.54) is 0 Å². The van der Waals surface area contributed by atoms with E-state index in [1.807, 2.05) is 36.4 Å². The molecular formula is C10H8NO3S-. The van der Waals surface area contributed by atoms with Crippen LogP contribution in [0.4, 0.5) is 5.69 Å². The zero-order valence-electron chi connectivity index (χ0n) is 7.67. The topological polar surface area (TPSA) is 61.4 Å². The largest absolute Gasteiger partial charge is 0.748 e. The van der Waals surface area contributed by atoms with Gasteiger partial charge in [0.1, 0.15) is 11.4 Å². The van der Waals surface area contributed by atoms with Crippen molar-refractivity contribution in [3.05, 3.63) is 42.5 Å². The Balaban J connectivity index is 2.26. The normalized spacial score (nSPS) is 12.6. The molecule has 0 spiro atoms. The molecule has 0 saturated carbocycles. The summed E-state index contributed by atoms with van der Waals surface area (Å²) >= 11 is -2.56. The number of hydrogen-bond donors (Lipinski definition) is 1. The molecule has 2 aromatic rings. The Hall–Kier alpha value is -1.43. The van der Waals surface area contributed by atoms with Gasteiger partial charge in [0.15, 0.2) is 0 Å². The molecule has 0 aliphatic heterocycles. The Labute approximate surface area is 89.3 Å². The lowest BCUT2D eigenvalue weighted by atomic mass is 10.1. The molecule has 5 heteroatoms. The second-order valence-corrected chi connectivity index (χ2v) is 3.53. The van der Waals surface area contributed by atoms with Crippen molar-refractivity contribution >= 4 is 27.8 Å². The second kappa shape index (κ2) is 4.39. The molecule has 4 nitrogen and oxygen atoms in total. The third-order valence-electron chi connectivity index (χ3n) is 1.98. The van der Waals surface area contributed by atoms with Crippen LogP contribution in [0, 0.1) is 0 Å². The minimum absolute atomic E-state index is 0.595. The molecule has 15 heavy (non-hydrogen) atoms. The highest BCUT2D eigenvalue weighted by Gasteiger charge is 1.95. The van der Waals surface area contributed by atoms with Crippen LogP contribution in [-0.2, 0) is 15.6 Å². The van der Waals surface area contributed by atoms with E-state index in [0.29, 0.717) is 5.69 Å². The van der Waals surface area contributed by atoms with Crippen molar-refractivity contribution in [3.63, 3.8) is 0 Å². The van der Waals surface area contributed by atoms with E-state index < -0.39 is 11.4 Å². The third-order valence-corrected chi connectivity index (χ3v) is 2.20. The van der Waals surface area contributed by atoms with Crippen LogP contribution in [0.15, 0.2) is 42.5 Å². The van der Waals surface area contributed by atoms with Gasteiger partial charge in [0.25, 0.3) is 0 Å². The molecule has 0 amide bonds. The molecule has 0 aromatic heterocycles. The van der Waals surface area contributed by atoms with Crippen molar-refractivity contribution in [2.24, 2.45) is 0 Å². The van der Waals surface area contributed by atoms with E-state index in [-0.39, 0.29) is 0 Å². The van der Waals surface area contributed by atoms with Crippen molar-refractivity contribution in [2.75, 3.05) is 5.48 Å². The van der Waals surface area contributed by atoms with Gasteiger partial charge in [-0.05, 0) is 22.9 Å². The summed E-state index contributed by atoms with van der Waals surface area (Å²) in [7, 11) is 0. The summed E-state index contributed by atoms with van der Waals surface area (Å²) in [6, 6.07) is 13.2. The first kappa shape index (κ1) is 10.1. The van der Waals surface area contributed by atoms with E-state index in [4.69, 9.17) is 0 Å². The smallest absolute Gasteiger partial charge is 0.112 e. The SMILES string of the molecule is O=S([O-])ONc1ccc2ccccc2c1. The van der Waals surface area contributed by atoms with Gasteiger partial charge >= 0.3 is 0 Å². The lowest BCUT2D eigenvalue weighted by Gasteiger charge is -2.08. The zero-order chi connectivity index (χ0) is 10.7. The fraction of sp³-hybridized carbons (Fsp3) is 0. The lowest BCUT2D eigenvalue weighted by Crippen LogP contribution is -2.03. The van der Waals surface area contributed by atoms with Gasteiger partial charge in [-0.25, -0.2) is 4.21 Å². The van der Waals surface area contributed by atoms with E-state index in [0.717, 1.165) is 10.8 Å². The van der Waals surface area contributed by atoms with Gasteiger partial charge in [-0.3, -0.25) is 5.48 Å². The Bertz CT molecular complexity index is 501. The Morgan fingerprint density at radius 2 is 1.87 bits per heavy atom. The Morgan fingerprint density at radius 1 is 1.13 bits per heavy atom. The van der Waals surface area contributed by atoms with Gasteiger partial charge in [-0.15, -0.1) is 0 Å². The molecule has 2 aromatic carbocycles. The molecule has 0 fully saturated rings. The summed E-state index contributed by atoms with van der Waals surface area (Å²) in [6.07, 6.45) is 0. The number of benzene rings is 2. The Kier molecular flexibility index (Phi) is 2.96. The summed E-state index contributed by atoms with van der Waals surface area (Å²) < 4.78 is 24.5. The van der Waals surface area contributed by atoms with Crippen molar-refractivity contribution in [1.29, 1.82) is 0 Å². The van der Waals surface area contributed by atoms with Crippen molar-refractivity contribution in [1.82, 2.24) is 0 Å². The quantitative estimate of drug-likeness (QED) is 0.637. The maximum atomic E-state index is 10.2. The lowest BCUT2D eigenvalue weighted by molar-refractivity contribution is 0.363. The Morgan fingerprint density at radius 3 is 2.60 bits per heavy atom. The highest BCUT2D eigenvalue weighted by molar-refractivity contribution is 7.74. The fourth-order valence-corrected chi connectivity index (χ4v) is 1.50. The summed E-state index contributed by atoms with van der Waals surface area (Å²) in [4.78, 5) is 0. The number of hydrogen-bond acceptors (Lipinski definition) is 4. The highest BCUT2D eigenvalue weighted by atomic mass is 32.2. The van der Waals surface area contributed by atoms with E-state index >= 15 is 0 Å². The summed E-state index contributed by atoms with van der Waals surface area (Å²) in [6.45, 7) is 0. The molecule has 1 unspecified atom stereocenters. The summed E-state index contributed by atoms with van der Waals surface area (Å²) in [5.41, 5.74) is 2.92. The van der Waals surface area contributed by atoms with Gasteiger partial charge in [0, 0.05) is 0 Å². The minimum atomic E-state index is -2.56.